The molecular formula is C70H62BBrN4O17. The summed E-state index contributed by atoms with van der Waals surface area (Å²) in [5, 5.41) is 42.0. The number of methoxy groups -OCH3 is 2. The number of ketones is 2. The molecule has 2 aliphatic rings. The van der Waals surface area contributed by atoms with E-state index in [-0.39, 0.29) is 56.9 Å². The number of aliphatic carboxylic acids is 1. The van der Waals surface area contributed by atoms with Crippen molar-refractivity contribution in [3.63, 3.8) is 0 Å². The first-order chi connectivity index (χ1) is 46.1. The SMILES string of the molecule is COC(=O)C1=CCC(=O)C=C1.COC(=O)c1ccc(=O)n(-c2ccccc2)c1.O=C(O)c1ccc(=O)n(-c2ccccc2)c1.O=C1C=CC(C(=O)O)=CC1.OB(O)c1ccccc1.[2H]C([2H])(Br)c1ccc(=O)n(-c2ccccc2)c1.[2H]C([2H])(O)c1ccc(=O)n(-c2ccccc2)c1. The zero-order chi connectivity index (χ0) is 71.2. The first kappa shape index (κ1) is 65.9. The highest BCUT2D eigenvalue weighted by atomic mass is 79.9. The monoisotopic (exact) mass is 1320 g/mol. The lowest BCUT2D eigenvalue weighted by Crippen LogP contribution is -2.29. The molecule has 0 amide bonds. The summed E-state index contributed by atoms with van der Waals surface area (Å²) in [5.41, 5.74) is 3.85. The molecule has 4 aromatic heterocycles. The van der Waals surface area contributed by atoms with Gasteiger partial charge < -0.3 is 34.8 Å². The Bertz CT molecular complexity index is 4450. The molecule has 23 heteroatoms. The average molecular weight is 1330 g/mol. The number of hydrogen-bond donors (Lipinski definition) is 5. The van der Waals surface area contributed by atoms with Crippen molar-refractivity contribution in [2.75, 3.05) is 14.2 Å². The van der Waals surface area contributed by atoms with Crippen molar-refractivity contribution >= 4 is 64.0 Å². The predicted octanol–water partition coefficient (Wildman–Crippen LogP) is 7.73. The second-order valence-corrected chi connectivity index (χ2v) is 19.2. The molecule has 0 saturated heterocycles. The van der Waals surface area contributed by atoms with Crippen molar-refractivity contribution in [1.29, 1.82) is 0 Å². The predicted molar refractivity (Wildman–Crippen MR) is 355 cm³/mol. The molecule has 0 radical (unpaired) electrons. The van der Waals surface area contributed by atoms with Gasteiger partial charge in [0.2, 0.25) is 0 Å². The van der Waals surface area contributed by atoms with Crippen LogP contribution in [0.5, 0.6) is 0 Å². The van der Waals surface area contributed by atoms with Gasteiger partial charge in [-0.1, -0.05) is 137 Å². The van der Waals surface area contributed by atoms with E-state index in [1.165, 1.54) is 136 Å². The number of aromatic nitrogens is 4. The van der Waals surface area contributed by atoms with Crippen LogP contribution in [0.3, 0.4) is 0 Å². The van der Waals surface area contributed by atoms with Crippen molar-refractivity contribution in [3.05, 3.63) is 336 Å². The van der Waals surface area contributed by atoms with Crippen LogP contribution in [-0.2, 0) is 40.5 Å². The zero-order valence-electron chi connectivity index (χ0n) is 53.6. The number of allylic oxidation sites excluding steroid dienone is 4. The number of alkyl halides is 1. The summed E-state index contributed by atoms with van der Waals surface area (Å²) in [7, 11) is 1.28. The molecule has 2 aliphatic carbocycles. The highest BCUT2D eigenvalue weighted by Crippen LogP contribution is 2.12. The van der Waals surface area contributed by atoms with Crippen molar-refractivity contribution in [2.45, 2.75) is 24.7 Å². The van der Waals surface area contributed by atoms with Crippen molar-refractivity contribution in [2.24, 2.45) is 0 Å². The van der Waals surface area contributed by atoms with Gasteiger partial charge >= 0.3 is 31.0 Å². The highest BCUT2D eigenvalue weighted by Gasteiger charge is 2.13. The van der Waals surface area contributed by atoms with Crippen LogP contribution in [-0.4, -0.2) is 100 Å². The molecule has 93 heavy (non-hydrogen) atoms. The van der Waals surface area contributed by atoms with Crippen LogP contribution in [0.4, 0.5) is 0 Å². The van der Waals surface area contributed by atoms with E-state index in [2.05, 4.69) is 25.4 Å². The van der Waals surface area contributed by atoms with Gasteiger partial charge in [-0.05, 0) is 108 Å². The standard InChI is InChI=1S/C13H11NO3.C12H10BrNO.C12H9NO3.C12H11NO2.C8H8O3.C7H6O3.C6H7BO2/c1-17-13(16)10-7-8-12(15)14(9-10)11-5-3-2-4-6-11;13-8-10-6-7-12(15)14(9-10)11-4-2-1-3-5-11;14-11-7-6-9(12(15)16)8-13(11)10-4-2-1-3-5-10;14-9-10-6-7-12(15)13(8-10)11-4-2-1-3-5-11;1-11-8(10)6-2-4-7(9)5-3-6;8-6-3-1-5(2-4-6)7(9)10;8-7(9)6-4-2-1-3-5-6/h2-9H,1H3;1-7,9H,8H2;1-8H,(H,15,16);1-8,14H,9H2;2-4H,5H2,1H3;1-3H,4H2,(H,9,10);1-5,8-9H/i;8D2;;9D2;;;. The van der Waals surface area contributed by atoms with Gasteiger partial charge in [0.1, 0.15) is 0 Å². The molecular weight excluding hydrogens is 1260 g/mol. The third-order valence-electron chi connectivity index (χ3n) is 12.4. The van der Waals surface area contributed by atoms with Gasteiger partial charge in [-0.15, -0.1) is 0 Å². The van der Waals surface area contributed by atoms with Gasteiger partial charge in [0.25, 0.3) is 22.2 Å². The Kier molecular flexibility index (Phi) is 27.0. The lowest BCUT2D eigenvalue weighted by atomic mass is 9.81. The third-order valence-corrected chi connectivity index (χ3v) is 12.9. The lowest BCUT2D eigenvalue weighted by Gasteiger charge is -2.06. The lowest BCUT2D eigenvalue weighted by molar-refractivity contribution is -0.136. The molecule has 5 N–H and O–H groups in total. The molecule has 21 nitrogen and oxygen atoms in total. The first-order valence-corrected chi connectivity index (χ1v) is 28.3. The van der Waals surface area contributed by atoms with E-state index in [1.807, 2.05) is 54.6 Å². The highest BCUT2D eigenvalue weighted by molar-refractivity contribution is 9.08. The van der Waals surface area contributed by atoms with E-state index in [0.29, 0.717) is 45.6 Å². The average Bonchev–Trinajstić information content (AvgIpc) is 0.845. The number of benzene rings is 5. The Morgan fingerprint density at radius 1 is 0.441 bits per heavy atom. The summed E-state index contributed by atoms with van der Waals surface area (Å²) in [5.74, 6) is -2.93. The molecule has 0 saturated carbocycles. The number of carboxylic acids is 2. The van der Waals surface area contributed by atoms with Crippen LogP contribution in [0.15, 0.2) is 292 Å². The molecule has 474 valence electrons. The molecule has 5 aromatic carbocycles. The Morgan fingerprint density at radius 3 is 1.12 bits per heavy atom. The maximum Gasteiger partial charge on any atom is 0.488 e. The van der Waals surface area contributed by atoms with Crippen LogP contribution in [0, 0.1) is 0 Å². The van der Waals surface area contributed by atoms with E-state index in [1.54, 1.807) is 103 Å². The van der Waals surface area contributed by atoms with E-state index < -0.39 is 42.8 Å². The number of hydrogen-bond acceptors (Lipinski definition) is 15. The van der Waals surface area contributed by atoms with E-state index in [9.17, 15) is 53.1 Å². The summed E-state index contributed by atoms with van der Waals surface area (Å²) in [6.07, 6.45) is 14.5. The number of rotatable bonds is 11. The van der Waals surface area contributed by atoms with Gasteiger partial charge in [0.05, 0.1) is 45.8 Å². The van der Waals surface area contributed by atoms with E-state index in [4.69, 9.17) is 25.7 Å². The quantitative estimate of drug-likeness (QED) is 0.0470. The number of pyridine rings is 4. The van der Waals surface area contributed by atoms with Gasteiger partial charge in [-0.3, -0.25) is 47.0 Å². The topological polar surface area (TPSA) is 310 Å². The van der Waals surface area contributed by atoms with Gasteiger partial charge in [0.15, 0.2) is 11.6 Å². The van der Waals surface area contributed by atoms with Gasteiger partial charge in [0, 0.05) is 92.7 Å². The summed E-state index contributed by atoms with van der Waals surface area (Å²) >= 11 is 2.94. The second-order valence-electron chi connectivity index (χ2n) is 18.8. The fraction of sp³-hybridized carbons (Fsp3) is 0.0857. The fourth-order valence-corrected chi connectivity index (χ4v) is 7.94. The minimum atomic E-state index is -2.45. The second kappa shape index (κ2) is 38.1. The van der Waals surface area contributed by atoms with Gasteiger partial charge in [-0.2, -0.15) is 0 Å². The normalized spacial score (nSPS) is 12.4. The van der Waals surface area contributed by atoms with E-state index >= 15 is 0 Å². The maximum absolute atomic E-state index is 11.7. The summed E-state index contributed by atoms with van der Waals surface area (Å²) in [6, 6.07) is 55.3. The molecule has 0 atom stereocenters. The Balaban J connectivity index is 0.000000207. The molecule has 9 aromatic rings. The third kappa shape index (κ3) is 23.8. The molecule has 0 bridgehead atoms. The van der Waals surface area contributed by atoms with Crippen molar-refractivity contribution in [3.8, 4) is 22.7 Å². The number of carbonyl (C=O) groups excluding carboxylic acids is 4. The van der Waals surface area contributed by atoms with Crippen LogP contribution >= 0.6 is 15.9 Å². The number of para-hydroxylation sites is 4. The van der Waals surface area contributed by atoms with E-state index in [0.717, 1.165) is 5.69 Å². The van der Waals surface area contributed by atoms with Crippen LogP contribution in [0.25, 0.3) is 22.7 Å². The largest absolute Gasteiger partial charge is 0.488 e. The summed E-state index contributed by atoms with van der Waals surface area (Å²) in [4.78, 5) is 111. The molecule has 0 unspecified atom stereocenters. The Morgan fingerprint density at radius 2 is 0.785 bits per heavy atom. The maximum atomic E-state index is 11.7. The number of carbonyl (C=O) groups is 6. The number of carboxylic acid groups (broad SMARTS) is 2. The fourth-order valence-electron chi connectivity index (χ4n) is 7.71. The number of nitrogens with zero attached hydrogens (tertiary/aromatic N) is 4. The number of halogens is 1. The molecule has 11 rings (SSSR count). The van der Waals surface area contributed by atoms with Crippen LogP contribution in [0.1, 0.15) is 50.2 Å². The number of aliphatic hydroxyl groups is 1. The Labute approximate surface area is 546 Å². The minimum absolute atomic E-state index is 0.0117. The summed E-state index contributed by atoms with van der Waals surface area (Å²) < 4.78 is 44.1. The van der Waals surface area contributed by atoms with Crippen molar-refractivity contribution < 1.29 is 69.1 Å². The Hall–Kier alpha value is -11.5. The molecule has 0 aliphatic heterocycles. The number of aromatic carboxylic acids is 1. The first-order valence-electron chi connectivity index (χ1n) is 29.5. The molecule has 0 spiro atoms. The van der Waals surface area contributed by atoms with Crippen LogP contribution in [0.2, 0.25) is 0 Å². The van der Waals surface area contributed by atoms with Crippen molar-refractivity contribution in [1.82, 2.24) is 18.3 Å². The zero-order valence-corrected chi connectivity index (χ0v) is 51.2. The number of esters is 2. The van der Waals surface area contributed by atoms with Gasteiger partial charge in [-0.25, -0.2) is 19.2 Å². The smallest absolute Gasteiger partial charge is 0.478 e. The van der Waals surface area contributed by atoms with Crippen LogP contribution < -0.4 is 27.7 Å². The summed E-state index contributed by atoms with van der Waals surface area (Å²) in [6.45, 7) is -2.45. The molecule has 0 fully saturated rings. The minimum Gasteiger partial charge on any atom is -0.478 e. The molecule has 4 heterocycles. The number of ether oxygens (including phenoxy) is 2.